The fourth-order valence-electron chi connectivity index (χ4n) is 4.62. The van der Waals surface area contributed by atoms with Crippen LogP contribution in [0.4, 0.5) is 22.7 Å². The van der Waals surface area contributed by atoms with Crippen LogP contribution in [0.25, 0.3) is 0 Å². The lowest BCUT2D eigenvalue weighted by Gasteiger charge is -2.13. The van der Waals surface area contributed by atoms with Crippen molar-refractivity contribution in [3.05, 3.63) is 155 Å². The maximum absolute atomic E-state index is 12.9. The molecule has 0 radical (unpaired) electrons. The Kier molecular flexibility index (Phi) is 13.0. The zero-order valence-corrected chi connectivity index (χ0v) is 27.5. The highest BCUT2D eigenvalue weighted by Crippen LogP contribution is 2.22. The van der Waals surface area contributed by atoms with Crippen molar-refractivity contribution < 1.29 is 33.4 Å². The number of para-hydroxylation sites is 4. The van der Waals surface area contributed by atoms with Gasteiger partial charge in [-0.3, -0.25) is 14.4 Å². The first-order valence-corrected chi connectivity index (χ1v) is 15.7. The molecule has 254 valence electrons. The van der Waals surface area contributed by atoms with Crippen LogP contribution in [0.2, 0.25) is 0 Å². The van der Waals surface area contributed by atoms with Gasteiger partial charge in [0, 0.05) is 11.3 Å². The van der Waals surface area contributed by atoms with E-state index in [1.165, 1.54) is 0 Å². The first kappa shape index (κ1) is 36.1. The van der Waals surface area contributed by atoms with Crippen molar-refractivity contribution in [2.45, 2.75) is 13.8 Å². The van der Waals surface area contributed by atoms with E-state index in [1.54, 1.807) is 135 Å². The third kappa shape index (κ3) is 9.64. The van der Waals surface area contributed by atoms with Gasteiger partial charge in [-0.1, -0.05) is 66.7 Å². The lowest BCUT2D eigenvalue weighted by atomic mass is 10.1. The van der Waals surface area contributed by atoms with E-state index in [-0.39, 0.29) is 36.2 Å². The summed E-state index contributed by atoms with van der Waals surface area (Å²) in [6.45, 7) is 3.94. The van der Waals surface area contributed by atoms with Gasteiger partial charge < -0.3 is 31.2 Å². The van der Waals surface area contributed by atoms with E-state index >= 15 is 0 Å². The molecular formula is C39H36N4O7. The summed E-state index contributed by atoms with van der Waals surface area (Å²) in [5.41, 5.74) is 8.92. The number of benzene rings is 5. The van der Waals surface area contributed by atoms with Crippen LogP contribution in [-0.2, 0) is 9.47 Å². The summed E-state index contributed by atoms with van der Waals surface area (Å²) in [7, 11) is 0. The van der Waals surface area contributed by atoms with Crippen LogP contribution in [0, 0.1) is 0 Å². The molecule has 50 heavy (non-hydrogen) atoms. The Morgan fingerprint density at radius 3 is 1.30 bits per heavy atom. The highest BCUT2D eigenvalue weighted by Gasteiger charge is 2.19. The molecule has 0 aromatic heterocycles. The molecule has 5 aromatic rings. The lowest BCUT2D eigenvalue weighted by molar-refractivity contribution is 0.0517. The minimum Gasteiger partial charge on any atom is -0.462 e. The van der Waals surface area contributed by atoms with Crippen molar-refractivity contribution in [2.75, 3.05) is 34.9 Å². The number of amides is 3. The van der Waals surface area contributed by atoms with E-state index in [9.17, 15) is 24.0 Å². The molecule has 0 saturated carbocycles. The minimum atomic E-state index is -0.519. The van der Waals surface area contributed by atoms with Crippen LogP contribution >= 0.6 is 0 Å². The normalized spacial score (nSPS) is 10.0. The summed E-state index contributed by atoms with van der Waals surface area (Å²) in [5, 5.41) is 8.18. The van der Waals surface area contributed by atoms with Gasteiger partial charge in [-0.15, -0.1) is 0 Å². The molecule has 0 aliphatic heterocycles. The fraction of sp³-hybridized carbons (Fsp3) is 0.103. The smallest absolute Gasteiger partial charge is 0.340 e. The molecule has 0 heterocycles. The summed E-state index contributed by atoms with van der Waals surface area (Å²) in [4.78, 5) is 61.5. The second-order valence-electron chi connectivity index (χ2n) is 10.4. The van der Waals surface area contributed by atoms with Gasteiger partial charge in [0.05, 0.1) is 52.5 Å². The Labute approximate surface area is 289 Å². The fourth-order valence-corrected chi connectivity index (χ4v) is 4.62. The molecule has 0 aliphatic rings. The number of ether oxygens (including phenoxy) is 2. The molecule has 5 aromatic carbocycles. The summed E-state index contributed by atoms with van der Waals surface area (Å²) in [6.07, 6.45) is 0. The highest BCUT2D eigenvalue weighted by atomic mass is 16.5. The molecule has 0 saturated heterocycles. The average molecular weight is 673 g/mol. The number of anilines is 4. The van der Waals surface area contributed by atoms with Gasteiger partial charge in [0.1, 0.15) is 0 Å². The largest absolute Gasteiger partial charge is 0.462 e. The van der Waals surface area contributed by atoms with Crippen LogP contribution in [0.1, 0.15) is 65.6 Å². The van der Waals surface area contributed by atoms with Crippen molar-refractivity contribution in [2.24, 2.45) is 0 Å². The summed E-state index contributed by atoms with van der Waals surface area (Å²) in [5.74, 6) is -2.14. The van der Waals surface area contributed by atoms with Gasteiger partial charge in [-0.25, -0.2) is 9.59 Å². The van der Waals surface area contributed by atoms with Crippen molar-refractivity contribution in [3.63, 3.8) is 0 Å². The predicted molar refractivity (Wildman–Crippen MR) is 192 cm³/mol. The zero-order chi connectivity index (χ0) is 35.9. The number of carbonyl (C=O) groups is 5. The predicted octanol–water partition coefficient (Wildman–Crippen LogP) is 7.07. The van der Waals surface area contributed by atoms with Gasteiger partial charge in [0.2, 0.25) is 0 Å². The Morgan fingerprint density at radius 1 is 0.460 bits per heavy atom. The number of nitrogens with two attached hydrogens (primary N) is 1. The van der Waals surface area contributed by atoms with Gasteiger partial charge in [0.25, 0.3) is 17.7 Å². The van der Waals surface area contributed by atoms with Crippen molar-refractivity contribution in [1.82, 2.24) is 0 Å². The van der Waals surface area contributed by atoms with E-state index in [2.05, 4.69) is 16.0 Å². The van der Waals surface area contributed by atoms with E-state index in [0.717, 1.165) is 0 Å². The standard InChI is InChI=1S/C23H20N2O4.C16H16N2O3/c1-2-29-23(28)18-13-7-9-15-20(18)25-22(27)17-12-6-8-14-19(17)24-21(26)16-10-4-3-5-11-16;1-2-21-16(20)12-8-4-6-10-14(12)18-15(19)11-7-3-5-9-13(11)17/h3-15H,2H2,1H3,(H,24,26)(H,25,27);3-10H,2,17H2,1H3,(H,18,19). The number of hydrogen-bond donors (Lipinski definition) is 4. The molecule has 3 amide bonds. The molecule has 0 fully saturated rings. The molecule has 0 spiro atoms. The Bertz CT molecular complexity index is 1980. The van der Waals surface area contributed by atoms with Crippen LogP contribution < -0.4 is 21.7 Å². The maximum atomic E-state index is 12.9. The minimum absolute atomic E-state index is 0.232. The SMILES string of the molecule is CCOC(=O)c1ccccc1NC(=O)c1ccccc1N.CCOC(=O)c1ccccc1NC(=O)c1ccccc1NC(=O)c1ccccc1. The van der Waals surface area contributed by atoms with E-state index in [4.69, 9.17) is 15.2 Å². The number of esters is 2. The lowest BCUT2D eigenvalue weighted by Crippen LogP contribution is -2.19. The molecule has 0 aliphatic carbocycles. The van der Waals surface area contributed by atoms with Crippen molar-refractivity contribution in [3.8, 4) is 0 Å². The van der Waals surface area contributed by atoms with Gasteiger partial charge in [-0.05, 0) is 74.5 Å². The third-order valence-electron chi connectivity index (χ3n) is 7.00. The molecule has 11 heteroatoms. The maximum Gasteiger partial charge on any atom is 0.340 e. The summed E-state index contributed by atoms with van der Waals surface area (Å²) >= 11 is 0. The van der Waals surface area contributed by atoms with Crippen LogP contribution in [0.3, 0.4) is 0 Å². The first-order valence-electron chi connectivity index (χ1n) is 15.7. The number of nitrogens with one attached hydrogen (secondary N) is 3. The first-order chi connectivity index (χ1) is 24.2. The second-order valence-corrected chi connectivity index (χ2v) is 10.4. The molecule has 5 rings (SSSR count). The second kappa shape index (κ2) is 18.0. The topological polar surface area (TPSA) is 166 Å². The van der Waals surface area contributed by atoms with Gasteiger partial charge >= 0.3 is 11.9 Å². The third-order valence-corrected chi connectivity index (χ3v) is 7.00. The number of hydrogen-bond acceptors (Lipinski definition) is 8. The number of carbonyl (C=O) groups excluding carboxylic acids is 5. The van der Waals surface area contributed by atoms with Crippen LogP contribution in [0.5, 0.6) is 0 Å². The van der Waals surface area contributed by atoms with E-state index in [0.29, 0.717) is 39.4 Å². The monoisotopic (exact) mass is 672 g/mol. The number of nitrogen functional groups attached to an aromatic ring is 1. The summed E-state index contributed by atoms with van der Waals surface area (Å²) in [6, 6.07) is 35.4. The number of rotatable bonds is 10. The van der Waals surface area contributed by atoms with E-state index in [1.807, 2.05) is 6.07 Å². The average Bonchev–Trinajstić information content (AvgIpc) is 3.13. The van der Waals surface area contributed by atoms with Crippen molar-refractivity contribution >= 4 is 52.4 Å². The quantitative estimate of drug-likeness (QED) is 0.0904. The van der Waals surface area contributed by atoms with Crippen LogP contribution in [-0.4, -0.2) is 42.9 Å². The Hall–Kier alpha value is -6.75. The molecule has 0 atom stereocenters. The Balaban J connectivity index is 0.000000237. The molecule has 0 bridgehead atoms. The molecule has 11 nitrogen and oxygen atoms in total. The van der Waals surface area contributed by atoms with Gasteiger partial charge in [0.15, 0.2) is 0 Å². The molecular weight excluding hydrogens is 636 g/mol. The van der Waals surface area contributed by atoms with Crippen molar-refractivity contribution in [1.29, 1.82) is 0 Å². The van der Waals surface area contributed by atoms with Crippen LogP contribution in [0.15, 0.2) is 127 Å². The Morgan fingerprint density at radius 2 is 0.820 bits per heavy atom. The summed E-state index contributed by atoms with van der Waals surface area (Å²) < 4.78 is 10.00. The molecule has 5 N–H and O–H groups in total. The highest BCUT2D eigenvalue weighted by molar-refractivity contribution is 6.14. The zero-order valence-electron chi connectivity index (χ0n) is 27.5. The molecule has 0 unspecified atom stereocenters. The van der Waals surface area contributed by atoms with E-state index < -0.39 is 17.8 Å². The van der Waals surface area contributed by atoms with Gasteiger partial charge in [-0.2, -0.15) is 0 Å².